The fourth-order valence-corrected chi connectivity index (χ4v) is 2.83. The standard InChI is InChI=1S/C15H19NO4/c1-14(2)9-15(10-14,12(17)18)16-13(19)20-8-11-6-4-3-5-7-11/h3-7H,8-10H2,1-2H3,(H,16,19)(H,17,18). The molecule has 0 radical (unpaired) electrons. The zero-order valence-corrected chi connectivity index (χ0v) is 11.7. The summed E-state index contributed by atoms with van der Waals surface area (Å²) in [5.41, 5.74) is -0.386. The van der Waals surface area contributed by atoms with Crippen molar-refractivity contribution in [3.63, 3.8) is 0 Å². The summed E-state index contributed by atoms with van der Waals surface area (Å²) in [5, 5.41) is 11.8. The molecule has 1 aromatic rings. The maximum Gasteiger partial charge on any atom is 0.408 e. The quantitative estimate of drug-likeness (QED) is 0.886. The van der Waals surface area contributed by atoms with Gasteiger partial charge in [0.1, 0.15) is 12.1 Å². The van der Waals surface area contributed by atoms with Gasteiger partial charge in [-0.15, -0.1) is 0 Å². The van der Waals surface area contributed by atoms with E-state index in [0.717, 1.165) is 5.56 Å². The van der Waals surface area contributed by atoms with Gasteiger partial charge in [-0.25, -0.2) is 9.59 Å². The molecule has 5 nitrogen and oxygen atoms in total. The molecule has 1 fully saturated rings. The number of hydrogen-bond donors (Lipinski definition) is 2. The molecule has 2 N–H and O–H groups in total. The summed E-state index contributed by atoms with van der Waals surface area (Å²) in [7, 11) is 0. The van der Waals surface area contributed by atoms with E-state index >= 15 is 0 Å². The summed E-state index contributed by atoms with van der Waals surface area (Å²) in [5.74, 6) is -1.01. The minimum atomic E-state index is -1.18. The van der Waals surface area contributed by atoms with Crippen molar-refractivity contribution in [2.45, 2.75) is 38.8 Å². The first-order valence-corrected chi connectivity index (χ1v) is 6.55. The molecule has 2 rings (SSSR count). The molecule has 0 saturated heterocycles. The lowest BCUT2D eigenvalue weighted by molar-refractivity contribution is -0.154. The highest BCUT2D eigenvalue weighted by Gasteiger charge is 2.56. The van der Waals surface area contributed by atoms with Crippen LogP contribution in [0.3, 0.4) is 0 Å². The third kappa shape index (κ3) is 3.10. The molecule has 0 aliphatic heterocycles. The van der Waals surface area contributed by atoms with Gasteiger partial charge in [-0.3, -0.25) is 0 Å². The minimum absolute atomic E-state index is 0.0644. The van der Waals surface area contributed by atoms with Crippen LogP contribution in [0.25, 0.3) is 0 Å². The van der Waals surface area contributed by atoms with Crippen molar-refractivity contribution in [2.75, 3.05) is 0 Å². The molecule has 5 heteroatoms. The minimum Gasteiger partial charge on any atom is -0.480 e. The van der Waals surface area contributed by atoms with E-state index in [1.165, 1.54) is 0 Å². The van der Waals surface area contributed by atoms with Gasteiger partial charge in [0, 0.05) is 0 Å². The van der Waals surface area contributed by atoms with E-state index in [1.807, 2.05) is 44.2 Å². The van der Waals surface area contributed by atoms with Crippen LogP contribution in [0.4, 0.5) is 4.79 Å². The second-order valence-corrected chi connectivity index (χ2v) is 6.09. The van der Waals surface area contributed by atoms with Crippen molar-refractivity contribution >= 4 is 12.1 Å². The molecule has 0 spiro atoms. The summed E-state index contributed by atoms with van der Waals surface area (Å²) in [6.45, 7) is 4.09. The predicted molar refractivity (Wildman–Crippen MR) is 73.1 cm³/mol. The van der Waals surface area contributed by atoms with Gasteiger partial charge in [-0.1, -0.05) is 44.2 Å². The Kier molecular flexibility index (Phi) is 3.70. The first-order chi connectivity index (χ1) is 9.33. The molecular weight excluding hydrogens is 258 g/mol. The van der Waals surface area contributed by atoms with Crippen molar-refractivity contribution in [1.82, 2.24) is 5.32 Å². The number of carbonyl (C=O) groups excluding carboxylic acids is 1. The van der Waals surface area contributed by atoms with Gasteiger partial charge in [0.15, 0.2) is 0 Å². The fourth-order valence-electron chi connectivity index (χ4n) is 2.83. The van der Waals surface area contributed by atoms with Crippen molar-refractivity contribution in [2.24, 2.45) is 5.41 Å². The van der Waals surface area contributed by atoms with Crippen LogP contribution < -0.4 is 5.32 Å². The molecule has 1 aromatic carbocycles. The highest BCUT2D eigenvalue weighted by Crippen LogP contribution is 2.48. The largest absolute Gasteiger partial charge is 0.480 e. The topological polar surface area (TPSA) is 75.6 Å². The van der Waals surface area contributed by atoms with Crippen molar-refractivity contribution in [3.8, 4) is 0 Å². The van der Waals surface area contributed by atoms with Crippen LogP contribution in [0, 0.1) is 5.41 Å². The molecule has 1 saturated carbocycles. The number of amides is 1. The summed E-state index contributed by atoms with van der Waals surface area (Å²) in [6.07, 6.45) is 0.137. The number of carboxylic acid groups (broad SMARTS) is 1. The number of nitrogens with one attached hydrogen (secondary N) is 1. The zero-order chi connectivity index (χ0) is 14.8. The maximum atomic E-state index is 11.7. The molecule has 108 valence electrons. The summed E-state index contributed by atoms with van der Waals surface area (Å²) in [4.78, 5) is 23.1. The van der Waals surface area contributed by atoms with E-state index in [4.69, 9.17) is 4.74 Å². The predicted octanol–water partition coefficient (Wildman–Crippen LogP) is 2.56. The average Bonchev–Trinajstić information content (AvgIpc) is 2.35. The van der Waals surface area contributed by atoms with Crippen LogP contribution in [0.1, 0.15) is 32.3 Å². The Hall–Kier alpha value is -2.04. The molecule has 0 atom stereocenters. The van der Waals surface area contributed by atoms with Crippen LogP contribution in [0.15, 0.2) is 30.3 Å². The Balaban J connectivity index is 1.89. The highest BCUT2D eigenvalue weighted by atomic mass is 16.5. The third-order valence-electron chi connectivity index (χ3n) is 3.52. The number of carbonyl (C=O) groups is 2. The van der Waals surface area contributed by atoms with Crippen LogP contribution in [0.2, 0.25) is 0 Å². The lowest BCUT2D eigenvalue weighted by Gasteiger charge is -2.50. The molecule has 0 unspecified atom stereocenters. The zero-order valence-electron chi connectivity index (χ0n) is 11.7. The molecule has 20 heavy (non-hydrogen) atoms. The second kappa shape index (κ2) is 5.15. The van der Waals surface area contributed by atoms with E-state index in [0.29, 0.717) is 12.8 Å². The normalized spacial score (nSPS) is 18.7. The summed E-state index contributed by atoms with van der Waals surface area (Å²) in [6, 6.07) is 9.26. The number of alkyl carbamates (subject to hydrolysis) is 1. The molecule has 0 heterocycles. The second-order valence-electron chi connectivity index (χ2n) is 6.09. The molecule has 0 aromatic heterocycles. The summed E-state index contributed by atoms with van der Waals surface area (Å²) < 4.78 is 5.06. The van der Waals surface area contributed by atoms with Crippen molar-refractivity contribution < 1.29 is 19.4 Å². The van der Waals surface area contributed by atoms with E-state index in [2.05, 4.69) is 5.32 Å². The van der Waals surface area contributed by atoms with Gasteiger partial charge in [0.25, 0.3) is 0 Å². The van der Waals surface area contributed by atoms with Gasteiger partial charge in [-0.05, 0) is 23.8 Å². The molecule has 1 aliphatic carbocycles. The van der Waals surface area contributed by atoms with Crippen LogP contribution >= 0.6 is 0 Å². The smallest absolute Gasteiger partial charge is 0.408 e. The lowest BCUT2D eigenvalue weighted by atomic mass is 9.59. The van der Waals surface area contributed by atoms with Crippen LogP contribution in [0.5, 0.6) is 0 Å². The summed E-state index contributed by atoms with van der Waals surface area (Å²) >= 11 is 0. The lowest BCUT2D eigenvalue weighted by Crippen LogP contribution is -2.65. The molecule has 1 amide bonds. The van der Waals surface area contributed by atoms with Crippen molar-refractivity contribution in [3.05, 3.63) is 35.9 Å². The first-order valence-electron chi connectivity index (χ1n) is 6.55. The van der Waals surface area contributed by atoms with E-state index in [1.54, 1.807) is 0 Å². The SMILES string of the molecule is CC1(C)CC(NC(=O)OCc2ccccc2)(C(=O)O)C1. The monoisotopic (exact) mass is 277 g/mol. The number of benzene rings is 1. The number of carboxylic acids is 1. The van der Waals surface area contributed by atoms with E-state index in [-0.39, 0.29) is 12.0 Å². The fraction of sp³-hybridized carbons (Fsp3) is 0.467. The Morgan fingerprint density at radius 3 is 2.35 bits per heavy atom. The first kappa shape index (κ1) is 14.4. The van der Waals surface area contributed by atoms with Gasteiger partial charge in [0.2, 0.25) is 0 Å². The van der Waals surface area contributed by atoms with E-state index in [9.17, 15) is 14.7 Å². The maximum absolute atomic E-state index is 11.7. The molecule has 0 bridgehead atoms. The van der Waals surface area contributed by atoms with Crippen molar-refractivity contribution in [1.29, 1.82) is 0 Å². The van der Waals surface area contributed by atoms with E-state index < -0.39 is 17.6 Å². The molecule has 1 aliphatic rings. The molecular formula is C15H19NO4. The Morgan fingerprint density at radius 1 is 1.25 bits per heavy atom. The highest BCUT2D eigenvalue weighted by molar-refractivity contribution is 5.85. The number of hydrogen-bond acceptors (Lipinski definition) is 3. The van der Waals surface area contributed by atoms with Crippen LogP contribution in [-0.2, 0) is 16.1 Å². The van der Waals surface area contributed by atoms with Gasteiger partial charge in [0.05, 0.1) is 0 Å². The van der Waals surface area contributed by atoms with Crippen LogP contribution in [-0.4, -0.2) is 22.7 Å². The number of rotatable bonds is 4. The third-order valence-corrected chi connectivity index (χ3v) is 3.52. The average molecular weight is 277 g/mol. The Labute approximate surface area is 117 Å². The van der Waals surface area contributed by atoms with Gasteiger partial charge < -0.3 is 15.2 Å². The number of aliphatic carboxylic acids is 1. The Bertz CT molecular complexity index is 502. The van der Waals surface area contributed by atoms with Gasteiger partial charge >= 0.3 is 12.1 Å². The number of ether oxygens (including phenoxy) is 1. The Morgan fingerprint density at radius 2 is 1.85 bits per heavy atom. The van der Waals surface area contributed by atoms with Gasteiger partial charge in [-0.2, -0.15) is 0 Å².